The summed E-state index contributed by atoms with van der Waals surface area (Å²) in [6.07, 6.45) is 0.394. The van der Waals surface area contributed by atoms with Crippen LogP contribution in [0, 0.1) is 6.92 Å². The van der Waals surface area contributed by atoms with E-state index in [-0.39, 0.29) is 5.78 Å². The van der Waals surface area contributed by atoms with E-state index in [0.29, 0.717) is 6.42 Å². The first-order valence-corrected chi connectivity index (χ1v) is 6.85. The van der Waals surface area contributed by atoms with Gasteiger partial charge in [-0.3, -0.25) is 9.48 Å². The van der Waals surface area contributed by atoms with Gasteiger partial charge >= 0.3 is 0 Å². The molecule has 0 aliphatic carbocycles. The van der Waals surface area contributed by atoms with Gasteiger partial charge in [-0.05, 0) is 32.0 Å². The zero-order valence-electron chi connectivity index (χ0n) is 12.6. The maximum Gasteiger partial charge on any atom is 0.168 e. The maximum atomic E-state index is 12.4. The average Bonchev–Trinajstić information content (AvgIpc) is 2.78. The van der Waals surface area contributed by atoms with Crippen LogP contribution < -0.4 is 4.90 Å². The Morgan fingerprint density at radius 2 is 2.05 bits per heavy atom. The molecule has 20 heavy (non-hydrogen) atoms. The molecule has 106 valence electrons. The highest BCUT2D eigenvalue weighted by Crippen LogP contribution is 2.16. The number of Topliss-reactive ketones (excluding diaryl/α,β-unsaturated/α-hetero) is 1. The van der Waals surface area contributed by atoms with Crippen molar-refractivity contribution in [1.29, 1.82) is 0 Å². The Morgan fingerprint density at radius 3 is 2.70 bits per heavy atom. The number of carbonyl (C=O) groups excluding carboxylic acids is 1. The molecule has 0 spiro atoms. The summed E-state index contributed by atoms with van der Waals surface area (Å²) in [4.78, 5) is 14.4. The second kappa shape index (κ2) is 5.90. The fourth-order valence-electron chi connectivity index (χ4n) is 2.24. The third-order valence-electron chi connectivity index (χ3n) is 3.31. The molecule has 1 heterocycles. The molecule has 2 aromatic rings. The van der Waals surface area contributed by atoms with Crippen LogP contribution in [0.5, 0.6) is 0 Å². The zero-order valence-corrected chi connectivity index (χ0v) is 12.6. The molecule has 0 saturated heterocycles. The maximum absolute atomic E-state index is 12.4. The molecule has 0 saturated carbocycles. The highest BCUT2D eigenvalue weighted by molar-refractivity contribution is 5.98. The summed E-state index contributed by atoms with van der Waals surface area (Å²) < 4.78 is 1.89. The summed E-state index contributed by atoms with van der Waals surface area (Å²) in [6, 6.07) is 9.70. The van der Waals surface area contributed by atoms with Crippen LogP contribution in [0.1, 0.15) is 28.7 Å². The first kappa shape index (κ1) is 14.3. The number of hydrogen-bond acceptors (Lipinski definition) is 3. The molecular weight excluding hydrogens is 250 g/mol. The number of nitrogens with zero attached hydrogens (tertiary/aromatic N) is 3. The minimum Gasteiger partial charge on any atom is -0.378 e. The zero-order chi connectivity index (χ0) is 14.7. The van der Waals surface area contributed by atoms with Crippen molar-refractivity contribution < 1.29 is 4.79 Å². The van der Waals surface area contributed by atoms with Crippen molar-refractivity contribution in [3.05, 3.63) is 47.3 Å². The van der Waals surface area contributed by atoms with Crippen LogP contribution in [-0.4, -0.2) is 29.7 Å². The van der Waals surface area contributed by atoms with E-state index in [9.17, 15) is 4.79 Å². The van der Waals surface area contributed by atoms with Crippen molar-refractivity contribution in [2.75, 3.05) is 19.0 Å². The summed E-state index contributed by atoms with van der Waals surface area (Å²) in [7, 11) is 3.94. The van der Waals surface area contributed by atoms with Crippen LogP contribution in [0.4, 0.5) is 5.69 Å². The predicted molar refractivity (Wildman–Crippen MR) is 81.4 cm³/mol. The summed E-state index contributed by atoms with van der Waals surface area (Å²) in [5.41, 5.74) is 3.72. The fourth-order valence-corrected chi connectivity index (χ4v) is 2.24. The van der Waals surface area contributed by atoms with Gasteiger partial charge < -0.3 is 4.90 Å². The molecule has 4 nitrogen and oxygen atoms in total. The van der Waals surface area contributed by atoms with E-state index in [0.717, 1.165) is 29.2 Å². The number of hydrogen-bond donors (Lipinski definition) is 0. The van der Waals surface area contributed by atoms with Crippen LogP contribution in [0.2, 0.25) is 0 Å². The molecule has 2 rings (SSSR count). The Bertz CT molecular complexity index is 614. The Hall–Kier alpha value is -2.10. The number of ketones is 1. The minimum atomic E-state index is 0.128. The first-order chi connectivity index (χ1) is 9.51. The summed E-state index contributed by atoms with van der Waals surface area (Å²) in [5, 5.41) is 4.38. The summed E-state index contributed by atoms with van der Waals surface area (Å²) >= 11 is 0. The van der Waals surface area contributed by atoms with Gasteiger partial charge in [-0.2, -0.15) is 5.10 Å². The number of rotatable bonds is 5. The topological polar surface area (TPSA) is 38.1 Å². The van der Waals surface area contributed by atoms with Crippen LogP contribution in [0.25, 0.3) is 0 Å². The van der Waals surface area contributed by atoms with Gasteiger partial charge in [0.25, 0.3) is 0 Å². The Kier molecular flexibility index (Phi) is 4.23. The molecule has 0 aliphatic heterocycles. The molecule has 0 amide bonds. The summed E-state index contributed by atoms with van der Waals surface area (Å²) in [5.74, 6) is 0.128. The van der Waals surface area contributed by atoms with Crippen molar-refractivity contribution in [3.8, 4) is 0 Å². The van der Waals surface area contributed by atoms with E-state index < -0.39 is 0 Å². The van der Waals surface area contributed by atoms with E-state index in [1.165, 1.54) is 0 Å². The lowest BCUT2D eigenvalue weighted by Crippen LogP contribution is -2.12. The van der Waals surface area contributed by atoms with Gasteiger partial charge in [0.1, 0.15) is 0 Å². The molecule has 0 atom stereocenters. The van der Waals surface area contributed by atoms with Crippen molar-refractivity contribution in [2.24, 2.45) is 0 Å². The standard InChI is InChI=1S/C16H21N3O/c1-5-19-15(9-12(2)17-19)11-16(20)13-7-6-8-14(10-13)18(3)4/h6-10H,5,11H2,1-4H3. The van der Waals surface area contributed by atoms with Crippen molar-refractivity contribution in [2.45, 2.75) is 26.8 Å². The largest absolute Gasteiger partial charge is 0.378 e. The Morgan fingerprint density at radius 1 is 1.30 bits per heavy atom. The van der Waals surface area contributed by atoms with Gasteiger partial charge in [-0.15, -0.1) is 0 Å². The molecule has 0 bridgehead atoms. The van der Waals surface area contributed by atoms with Crippen LogP contribution in [-0.2, 0) is 13.0 Å². The lowest BCUT2D eigenvalue weighted by molar-refractivity contribution is 0.0990. The van der Waals surface area contributed by atoms with Gasteiger partial charge in [0.2, 0.25) is 0 Å². The molecular formula is C16H21N3O. The number of anilines is 1. The monoisotopic (exact) mass is 271 g/mol. The molecule has 0 unspecified atom stereocenters. The van der Waals surface area contributed by atoms with E-state index in [4.69, 9.17) is 0 Å². The molecule has 0 radical (unpaired) electrons. The summed E-state index contributed by atoms with van der Waals surface area (Å²) in [6.45, 7) is 4.77. The third kappa shape index (κ3) is 3.07. The molecule has 0 fully saturated rings. The van der Waals surface area contributed by atoms with Crippen LogP contribution in [0.3, 0.4) is 0 Å². The van der Waals surface area contributed by atoms with E-state index in [1.54, 1.807) is 0 Å². The van der Waals surface area contributed by atoms with Gasteiger partial charge in [0.15, 0.2) is 5.78 Å². The molecule has 1 aromatic carbocycles. The van der Waals surface area contributed by atoms with Gasteiger partial charge in [-0.25, -0.2) is 0 Å². The van der Waals surface area contributed by atoms with Gasteiger partial charge in [0.05, 0.1) is 12.1 Å². The number of aromatic nitrogens is 2. The van der Waals surface area contributed by atoms with Gasteiger partial charge in [0, 0.05) is 37.6 Å². The number of aryl methyl sites for hydroxylation is 2. The number of benzene rings is 1. The quantitative estimate of drug-likeness (QED) is 0.785. The Labute approximate surface area is 120 Å². The lowest BCUT2D eigenvalue weighted by Gasteiger charge is -2.13. The van der Waals surface area contributed by atoms with E-state index in [2.05, 4.69) is 5.10 Å². The molecule has 0 N–H and O–H groups in total. The predicted octanol–water partition coefficient (Wildman–Crippen LogP) is 2.70. The highest BCUT2D eigenvalue weighted by Gasteiger charge is 2.12. The minimum absolute atomic E-state index is 0.128. The molecule has 4 heteroatoms. The lowest BCUT2D eigenvalue weighted by atomic mass is 10.1. The van der Waals surface area contributed by atoms with Crippen molar-refractivity contribution in [3.63, 3.8) is 0 Å². The van der Waals surface area contributed by atoms with Crippen LogP contribution >= 0.6 is 0 Å². The van der Waals surface area contributed by atoms with Crippen LogP contribution in [0.15, 0.2) is 30.3 Å². The smallest absolute Gasteiger partial charge is 0.168 e. The first-order valence-electron chi connectivity index (χ1n) is 6.85. The average molecular weight is 271 g/mol. The normalized spacial score (nSPS) is 10.6. The second-order valence-corrected chi connectivity index (χ2v) is 5.14. The van der Waals surface area contributed by atoms with Gasteiger partial charge in [-0.1, -0.05) is 12.1 Å². The highest BCUT2D eigenvalue weighted by atomic mass is 16.1. The number of carbonyl (C=O) groups is 1. The molecule has 0 aliphatic rings. The van der Waals surface area contributed by atoms with Crippen molar-refractivity contribution in [1.82, 2.24) is 9.78 Å². The fraction of sp³-hybridized carbons (Fsp3) is 0.375. The van der Waals surface area contributed by atoms with E-state index >= 15 is 0 Å². The van der Waals surface area contributed by atoms with Crippen molar-refractivity contribution >= 4 is 11.5 Å². The third-order valence-corrected chi connectivity index (χ3v) is 3.31. The molecule has 1 aromatic heterocycles. The SMILES string of the molecule is CCn1nc(C)cc1CC(=O)c1cccc(N(C)C)c1. The van der Waals surface area contributed by atoms with E-state index in [1.807, 2.05) is 67.9 Å². The Balaban J connectivity index is 2.21. The second-order valence-electron chi connectivity index (χ2n) is 5.14.